The summed E-state index contributed by atoms with van der Waals surface area (Å²) >= 11 is 7.99. The first kappa shape index (κ1) is 27.8. The lowest BCUT2D eigenvalue weighted by Gasteiger charge is -2.33. The number of aromatic nitrogens is 1. The number of ketones is 1. The maximum atomic E-state index is 14.7. The van der Waals surface area contributed by atoms with Crippen molar-refractivity contribution in [2.24, 2.45) is 11.8 Å². The molecular formula is C32H34ClFN2O2S. The predicted octanol–water partition coefficient (Wildman–Crippen LogP) is 8.20. The lowest BCUT2D eigenvalue weighted by molar-refractivity contribution is 0.0840. The van der Waals surface area contributed by atoms with Gasteiger partial charge in [0.05, 0.1) is 17.0 Å². The van der Waals surface area contributed by atoms with E-state index < -0.39 is 5.82 Å². The van der Waals surface area contributed by atoms with Crippen molar-refractivity contribution in [2.45, 2.75) is 52.0 Å². The highest BCUT2D eigenvalue weighted by atomic mass is 35.5. The van der Waals surface area contributed by atoms with E-state index in [4.69, 9.17) is 16.3 Å². The molecule has 2 heterocycles. The molecule has 1 unspecified atom stereocenters. The van der Waals surface area contributed by atoms with E-state index >= 15 is 0 Å². The number of benzene rings is 2. The van der Waals surface area contributed by atoms with Crippen molar-refractivity contribution >= 4 is 38.8 Å². The Bertz CT molecular complexity index is 1490. The first-order valence-corrected chi connectivity index (χ1v) is 14.7. The molecule has 4 nitrogen and oxygen atoms in total. The molecule has 0 amide bonds. The molecule has 0 radical (unpaired) electrons. The van der Waals surface area contributed by atoms with Gasteiger partial charge in [-0.25, -0.2) is 4.39 Å². The quantitative estimate of drug-likeness (QED) is 0.219. The van der Waals surface area contributed by atoms with Gasteiger partial charge in [-0.15, -0.1) is 11.3 Å². The molecule has 0 bridgehead atoms. The molecule has 1 N–H and O–H groups in total. The summed E-state index contributed by atoms with van der Waals surface area (Å²) in [6.45, 7) is 3.99. The number of thiophene rings is 1. The fraction of sp³-hybridized carbons (Fsp3) is 0.375. The third kappa shape index (κ3) is 5.74. The van der Waals surface area contributed by atoms with Gasteiger partial charge in [-0.05, 0) is 112 Å². The second kappa shape index (κ2) is 11.7. The lowest BCUT2D eigenvalue weighted by Crippen LogP contribution is -2.35. The maximum absolute atomic E-state index is 14.7. The molecule has 1 fully saturated rings. The standard InChI is InChI=1S/C32H34ClFN2O2S/c1-18-14-22(15-19(2)36-18)21-10-13-27(38-4)23(16-21)17-25(20-8-11-24(35-3)12-9-20)31(37)32-30(33)29-26(34)6-5-7-28(29)39-32/h5-7,10,13-16,20,24-25,35H,8-9,11-12,17H2,1-4H3/t20-,24+,25?. The van der Waals surface area contributed by atoms with Gasteiger partial charge in [-0.2, -0.15) is 0 Å². The van der Waals surface area contributed by atoms with Crippen LogP contribution in [0.25, 0.3) is 21.2 Å². The number of halogens is 2. The fourth-order valence-electron chi connectivity index (χ4n) is 6.04. The van der Waals surface area contributed by atoms with Gasteiger partial charge < -0.3 is 10.1 Å². The van der Waals surface area contributed by atoms with Crippen LogP contribution in [0.3, 0.4) is 0 Å². The molecule has 39 heavy (non-hydrogen) atoms. The van der Waals surface area contributed by atoms with E-state index in [9.17, 15) is 9.18 Å². The van der Waals surface area contributed by atoms with E-state index in [1.165, 1.54) is 17.4 Å². The summed E-state index contributed by atoms with van der Waals surface area (Å²) in [7, 11) is 3.66. The Hall–Kier alpha value is -2.80. The number of Topliss-reactive ketones (excluding diaryl/α,β-unsaturated/α-hetero) is 1. The number of aryl methyl sites for hydroxylation is 2. The van der Waals surface area contributed by atoms with Crippen LogP contribution >= 0.6 is 22.9 Å². The molecule has 2 aromatic heterocycles. The summed E-state index contributed by atoms with van der Waals surface area (Å²) in [5.74, 6) is 0.276. The second-order valence-corrected chi connectivity index (χ2v) is 12.0. The summed E-state index contributed by atoms with van der Waals surface area (Å²) < 4.78 is 21.1. The molecule has 0 spiro atoms. The number of fused-ring (bicyclic) bond motifs is 1. The van der Waals surface area contributed by atoms with E-state index in [1.54, 1.807) is 13.2 Å². The number of ether oxygens (including phenoxy) is 1. The molecule has 0 aliphatic heterocycles. The van der Waals surface area contributed by atoms with Crippen LogP contribution in [0, 0.1) is 31.5 Å². The smallest absolute Gasteiger partial charge is 0.178 e. The van der Waals surface area contributed by atoms with E-state index in [1.807, 2.05) is 33.0 Å². The molecule has 4 aromatic rings. The molecule has 1 saturated carbocycles. The number of methoxy groups -OCH3 is 1. The molecule has 1 aliphatic carbocycles. The van der Waals surface area contributed by atoms with Crippen LogP contribution in [0.4, 0.5) is 4.39 Å². The number of hydrogen-bond acceptors (Lipinski definition) is 5. The topological polar surface area (TPSA) is 51.2 Å². The van der Waals surface area contributed by atoms with E-state index in [2.05, 4.69) is 34.6 Å². The van der Waals surface area contributed by atoms with Gasteiger partial charge in [-0.3, -0.25) is 9.78 Å². The summed E-state index contributed by atoms with van der Waals surface area (Å²) in [6.07, 6.45) is 4.47. The van der Waals surface area contributed by atoms with Crippen molar-refractivity contribution in [3.63, 3.8) is 0 Å². The van der Waals surface area contributed by atoms with Gasteiger partial charge >= 0.3 is 0 Å². The highest BCUT2D eigenvalue weighted by Gasteiger charge is 2.35. The first-order chi connectivity index (χ1) is 18.8. The molecule has 0 saturated heterocycles. The minimum atomic E-state index is -0.392. The van der Waals surface area contributed by atoms with E-state index in [0.29, 0.717) is 27.4 Å². The van der Waals surface area contributed by atoms with Gasteiger partial charge in [0.1, 0.15) is 11.6 Å². The van der Waals surface area contributed by atoms with E-state index in [0.717, 1.165) is 59.5 Å². The van der Waals surface area contributed by atoms with Gasteiger partial charge in [0.25, 0.3) is 0 Å². The Labute approximate surface area is 238 Å². The van der Waals surface area contributed by atoms with Crippen LogP contribution < -0.4 is 10.1 Å². The third-order valence-corrected chi connectivity index (χ3v) is 9.71. The van der Waals surface area contributed by atoms with Crippen molar-refractivity contribution in [3.8, 4) is 16.9 Å². The summed E-state index contributed by atoms with van der Waals surface area (Å²) in [5, 5.41) is 3.96. The van der Waals surface area contributed by atoms with Gasteiger partial charge in [0.2, 0.25) is 0 Å². The zero-order valence-corrected chi connectivity index (χ0v) is 24.4. The Morgan fingerprint density at radius 3 is 2.46 bits per heavy atom. The molecule has 204 valence electrons. The van der Waals surface area contributed by atoms with Crippen molar-refractivity contribution in [3.05, 3.63) is 81.2 Å². The Balaban J connectivity index is 1.55. The number of carbonyl (C=O) groups is 1. The molecule has 1 atom stereocenters. The Morgan fingerprint density at radius 1 is 1.10 bits per heavy atom. The molecule has 5 rings (SSSR count). The SMILES string of the molecule is CN[C@H]1CC[C@@H](C(Cc2cc(-c3cc(C)nc(C)c3)ccc2OC)C(=O)c2sc3cccc(F)c3c2Cl)CC1. The van der Waals surface area contributed by atoms with Crippen molar-refractivity contribution in [2.75, 3.05) is 14.2 Å². The van der Waals surface area contributed by atoms with Crippen LogP contribution in [-0.2, 0) is 6.42 Å². The molecular weight excluding hydrogens is 531 g/mol. The van der Waals surface area contributed by atoms with Crippen molar-refractivity contribution in [1.82, 2.24) is 10.3 Å². The number of carbonyl (C=O) groups excluding carboxylic acids is 1. The highest BCUT2D eigenvalue weighted by molar-refractivity contribution is 7.21. The molecule has 7 heteroatoms. The number of pyridine rings is 1. The highest BCUT2D eigenvalue weighted by Crippen LogP contribution is 2.42. The molecule has 2 aromatic carbocycles. The van der Waals surface area contributed by atoms with Gasteiger partial charge in [0.15, 0.2) is 5.78 Å². The summed E-state index contributed by atoms with van der Waals surface area (Å²) in [4.78, 5) is 19.3. The fourth-order valence-corrected chi connectivity index (χ4v) is 7.61. The predicted molar refractivity (Wildman–Crippen MR) is 159 cm³/mol. The van der Waals surface area contributed by atoms with Crippen molar-refractivity contribution in [1.29, 1.82) is 0 Å². The maximum Gasteiger partial charge on any atom is 0.178 e. The first-order valence-electron chi connectivity index (χ1n) is 13.5. The van der Waals surface area contributed by atoms with Gasteiger partial charge in [-0.1, -0.05) is 23.7 Å². The Kier molecular flexibility index (Phi) is 8.36. The largest absolute Gasteiger partial charge is 0.496 e. The Morgan fingerprint density at radius 2 is 1.82 bits per heavy atom. The van der Waals surface area contributed by atoms with Crippen LogP contribution in [0.1, 0.15) is 52.3 Å². The normalized spacial score (nSPS) is 18.3. The minimum absolute atomic E-state index is 0.00318. The average molecular weight is 565 g/mol. The van der Waals surface area contributed by atoms with E-state index in [-0.39, 0.29) is 22.6 Å². The summed E-state index contributed by atoms with van der Waals surface area (Å²) in [5.41, 5.74) is 5.06. The van der Waals surface area contributed by atoms with Crippen LogP contribution in [0.5, 0.6) is 5.75 Å². The van der Waals surface area contributed by atoms with Crippen LogP contribution in [0.2, 0.25) is 5.02 Å². The van der Waals surface area contributed by atoms with Crippen molar-refractivity contribution < 1.29 is 13.9 Å². The second-order valence-electron chi connectivity index (χ2n) is 10.6. The number of nitrogens with one attached hydrogen (secondary N) is 1. The number of hydrogen-bond donors (Lipinski definition) is 1. The number of rotatable bonds is 8. The molecule has 1 aliphatic rings. The minimum Gasteiger partial charge on any atom is -0.496 e. The third-order valence-electron chi connectivity index (χ3n) is 8.05. The average Bonchev–Trinajstić information content (AvgIpc) is 3.28. The van der Waals surface area contributed by atoms with Crippen LogP contribution in [0.15, 0.2) is 48.5 Å². The van der Waals surface area contributed by atoms with Crippen LogP contribution in [-0.4, -0.2) is 31.0 Å². The monoisotopic (exact) mass is 564 g/mol. The van der Waals surface area contributed by atoms with Gasteiger partial charge in [0, 0.05) is 33.4 Å². The zero-order valence-electron chi connectivity index (χ0n) is 22.8. The zero-order chi connectivity index (χ0) is 27.7. The lowest BCUT2D eigenvalue weighted by atomic mass is 9.73. The number of nitrogens with zero attached hydrogens (tertiary/aromatic N) is 1. The summed E-state index contributed by atoms with van der Waals surface area (Å²) in [6, 6.07) is 15.7.